The fourth-order valence-corrected chi connectivity index (χ4v) is 1.58. The van der Waals surface area contributed by atoms with E-state index >= 15 is 0 Å². The minimum Gasteiger partial charge on any atom is -0.261 e. The predicted octanol–water partition coefficient (Wildman–Crippen LogP) is 1.55. The number of anilines is 1. The summed E-state index contributed by atoms with van der Waals surface area (Å²) in [5.41, 5.74) is 0.469. The molecule has 4 nitrogen and oxygen atoms in total. The van der Waals surface area contributed by atoms with Crippen LogP contribution in [-0.4, -0.2) is 15.0 Å². The molecule has 0 fully saturated rings. The van der Waals surface area contributed by atoms with Crippen molar-refractivity contribution in [3.05, 3.63) is 43.0 Å². The molecule has 0 spiro atoms. The van der Waals surface area contributed by atoms with Gasteiger partial charge in [0.25, 0.3) is 0 Å². The van der Waals surface area contributed by atoms with E-state index in [1.165, 1.54) is 6.08 Å². The molecule has 1 rings (SSSR count). The summed E-state index contributed by atoms with van der Waals surface area (Å²) in [4.78, 5) is 0. The summed E-state index contributed by atoms with van der Waals surface area (Å²) in [6.45, 7) is 3.31. The van der Waals surface area contributed by atoms with Crippen molar-refractivity contribution in [3.63, 3.8) is 0 Å². The Balaban J connectivity index is 2.64. The van der Waals surface area contributed by atoms with Crippen LogP contribution in [0.25, 0.3) is 0 Å². The average Bonchev–Trinajstić information content (AvgIpc) is 2.16. The van der Waals surface area contributed by atoms with Crippen LogP contribution in [0.3, 0.4) is 0 Å². The van der Waals surface area contributed by atoms with Gasteiger partial charge in [-0.3, -0.25) is 4.72 Å². The van der Waals surface area contributed by atoms with Crippen LogP contribution in [0.4, 0.5) is 5.69 Å². The molecule has 5 heteroatoms. The second-order valence-electron chi connectivity index (χ2n) is 2.50. The number of benzene rings is 1. The fourth-order valence-electron chi connectivity index (χ4n) is 0.818. The third-order valence-electron chi connectivity index (χ3n) is 1.36. The molecule has 0 aromatic heterocycles. The van der Waals surface area contributed by atoms with E-state index in [1.807, 2.05) is 0 Å². The van der Waals surface area contributed by atoms with Crippen molar-refractivity contribution in [1.29, 1.82) is 0 Å². The molecule has 0 heterocycles. The monoisotopic (exact) mass is 213 g/mol. The van der Waals surface area contributed by atoms with Gasteiger partial charge >= 0.3 is 10.3 Å². The molecule has 0 aliphatic carbocycles. The zero-order chi connectivity index (χ0) is 10.4. The lowest BCUT2D eigenvalue weighted by atomic mass is 10.3. The molecule has 1 aromatic carbocycles. The second-order valence-corrected chi connectivity index (χ2v) is 3.84. The number of rotatable bonds is 5. The summed E-state index contributed by atoms with van der Waals surface area (Å²) in [5, 5.41) is 0. The van der Waals surface area contributed by atoms with Crippen LogP contribution in [-0.2, 0) is 14.5 Å². The van der Waals surface area contributed by atoms with Crippen molar-refractivity contribution >= 4 is 16.0 Å². The quantitative estimate of drug-likeness (QED) is 0.755. The van der Waals surface area contributed by atoms with Crippen molar-refractivity contribution in [2.75, 3.05) is 11.3 Å². The third-order valence-corrected chi connectivity index (χ3v) is 2.29. The van der Waals surface area contributed by atoms with Crippen molar-refractivity contribution in [2.45, 2.75) is 0 Å². The van der Waals surface area contributed by atoms with Crippen LogP contribution >= 0.6 is 0 Å². The smallest absolute Gasteiger partial charge is 0.261 e. The van der Waals surface area contributed by atoms with E-state index in [0.29, 0.717) is 5.69 Å². The van der Waals surface area contributed by atoms with Gasteiger partial charge in [0.15, 0.2) is 0 Å². The van der Waals surface area contributed by atoms with E-state index in [1.54, 1.807) is 30.3 Å². The topological polar surface area (TPSA) is 55.4 Å². The molecule has 0 amide bonds. The van der Waals surface area contributed by atoms with E-state index in [9.17, 15) is 8.42 Å². The van der Waals surface area contributed by atoms with Crippen molar-refractivity contribution in [3.8, 4) is 0 Å². The van der Waals surface area contributed by atoms with Crippen LogP contribution in [0, 0.1) is 0 Å². The van der Waals surface area contributed by atoms with Gasteiger partial charge in [-0.1, -0.05) is 24.3 Å². The van der Waals surface area contributed by atoms with Gasteiger partial charge in [0.1, 0.15) is 0 Å². The molecule has 0 aliphatic heterocycles. The number of nitrogens with one attached hydrogen (secondary N) is 1. The summed E-state index contributed by atoms with van der Waals surface area (Å²) < 4.78 is 29.1. The lowest BCUT2D eigenvalue weighted by molar-refractivity contribution is 0.361. The Morgan fingerprint density at radius 3 is 2.57 bits per heavy atom. The largest absolute Gasteiger partial charge is 0.360 e. The number of hydrogen-bond acceptors (Lipinski definition) is 3. The Kier molecular flexibility index (Phi) is 3.67. The maximum atomic E-state index is 11.2. The molecule has 0 atom stereocenters. The molecule has 0 saturated carbocycles. The third kappa shape index (κ3) is 3.59. The van der Waals surface area contributed by atoms with Gasteiger partial charge in [0.05, 0.1) is 12.3 Å². The van der Waals surface area contributed by atoms with Crippen molar-refractivity contribution < 1.29 is 12.6 Å². The van der Waals surface area contributed by atoms with Gasteiger partial charge in [-0.05, 0) is 12.1 Å². The molecule has 0 bridgehead atoms. The molecule has 1 aromatic rings. The minimum atomic E-state index is -3.72. The molecule has 14 heavy (non-hydrogen) atoms. The highest BCUT2D eigenvalue weighted by molar-refractivity contribution is 7.88. The Hall–Kier alpha value is -1.33. The predicted molar refractivity (Wildman–Crippen MR) is 55.1 cm³/mol. The van der Waals surface area contributed by atoms with Crippen LogP contribution in [0.15, 0.2) is 43.0 Å². The van der Waals surface area contributed by atoms with Crippen LogP contribution < -0.4 is 4.72 Å². The lowest BCUT2D eigenvalue weighted by Crippen LogP contribution is -2.15. The van der Waals surface area contributed by atoms with E-state index < -0.39 is 10.3 Å². The first kappa shape index (κ1) is 10.7. The van der Waals surface area contributed by atoms with Crippen molar-refractivity contribution in [1.82, 2.24) is 0 Å². The van der Waals surface area contributed by atoms with Crippen LogP contribution in [0.5, 0.6) is 0 Å². The normalized spacial score (nSPS) is 10.9. The highest BCUT2D eigenvalue weighted by Crippen LogP contribution is 2.08. The molecule has 0 radical (unpaired) electrons. The summed E-state index contributed by atoms with van der Waals surface area (Å²) in [6, 6.07) is 8.52. The molecule has 1 N–H and O–H groups in total. The van der Waals surface area contributed by atoms with E-state index in [-0.39, 0.29) is 6.61 Å². The molecule has 0 saturated heterocycles. The zero-order valence-electron chi connectivity index (χ0n) is 7.51. The first-order chi connectivity index (χ1) is 6.64. The first-order valence-electron chi connectivity index (χ1n) is 3.97. The second kappa shape index (κ2) is 4.78. The Labute approximate surface area is 83.5 Å². The Morgan fingerprint density at radius 1 is 1.36 bits per heavy atom. The van der Waals surface area contributed by atoms with Gasteiger partial charge < -0.3 is 0 Å². The lowest BCUT2D eigenvalue weighted by Gasteiger charge is -2.05. The van der Waals surface area contributed by atoms with Gasteiger partial charge in [0.2, 0.25) is 0 Å². The Bertz CT molecular complexity index is 386. The number of para-hydroxylation sites is 1. The molecular weight excluding hydrogens is 202 g/mol. The zero-order valence-corrected chi connectivity index (χ0v) is 8.33. The van der Waals surface area contributed by atoms with Crippen LogP contribution in [0.2, 0.25) is 0 Å². The molecule has 0 unspecified atom stereocenters. The van der Waals surface area contributed by atoms with Gasteiger partial charge in [-0.25, -0.2) is 4.18 Å². The maximum Gasteiger partial charge on any atom is 0.360 e. The van der Waals surface area contributed by atoms with Gasteiger partial charge in [0, 0.05) is 0 Å². The fraction of sp³-hybridized carbons (Fsp3) is 0.111. The summed E-state index contributed by atoms with van der Waals surface area (Å²) in [7, 11) is -3.72. The Morgan fingerprint density at radius 2 is 2.00 bits per heavy atom. The van der Waals surface area contributed by atoms with Crippen molar-refractivity contribution in [2.24, 2.45) is 0 Å². The van der Waals surface area contributed by atoms with E-state index in [4.69, 9.17) is 0 Å². The molecule has 76 valence electrons. The van der Waals surface area contributed by atoms with E-state index in [0.717, 1.165) is 0 Å². The van der Waals surface area contributed by atoms with Gasteiger partial charge in [-0.15, -0.1) is 6.58 Å². The first-order valence-corrected chi connectivity index (χ1v) is 5.38. The highest BCUT2D eigenvalue weighted by Gasteiger charge is 2.08. The standard InChI is InChI=1S/C9H11NO3S/c1-2-8-13-14(11,12)10-9-6-4-3-5-7-9/h2-7,10H,1,8H2. The summed E-state index contributed by atoms with van der Waals surface area (Å²) >= 11 is 0. The van der Waals surface area contributed by atoms with Crippen LogP contribution in [0.1, 0.15) is 0 Å². The number of hydrogen-bond donors (Lipinski definition) is 1. The summed E-state index contributed by atoms with van der Waals surface area (Å²) in [5.74, 6) is 0. The molecular formula is C9H11NO3S. The van der Waals surface area contributed by atoms with Gasteiger partial charge in [-0.2, -0.15) is 8.42 Å². The average molecular weight is 213 g/mol. The molecule has 0 aliphatic rings. The minimum absolute atomic E-state index is 0.0395. The summed E-state index contributed by atoms with van der Waals surface area (Å²) in [6.07, 6.45) is 1.37. The SMILES string of the molecule is C=CCOS(=O)(=O)Nc1ccccc1. The van der Waals surface area contributed by atoms with E-state index in [2.05, 4.69) is 15.5 Å². The maximum absolute atomic E-state index is 11.2. The highest BCUT2D eigenvalue weighted by atomic mass is 32.2.